The summed E-state index contributed by atoms with van der Waals surface area (Å²) in [6.45, 7) is 4.05. The number of rotatable bonds is 4. The van der Waals surface area contributed by atoms with Gasteiger partial charge in [-0.1, -0.05) is 32.1 Å². The SMILES string of the molecule is CC(C)c1cnc(C(=O)/C=C/c2ccc(O)cc2)cn1. The lowest BCUT2D eigenvalue weighted by atomic mass is 10.1. The van der Waals surface area contributed by atoms with Crippen LogP contribution in [0.3, 0.4) is 0 Å². The summed E-state index contributed by atoms with van der Waals surface area (Å²) in [4.78, 5) is 20.3. The van der Waals surface area contributed by atoms with Gasteiger partial charge in [0.25, 0.3) is 0 Å². The van der Waals surface area contributed by atoms with Gasteiger partial charge in [0.15, 0.2) is 0 Å². The lowest BCUT2D eigenvalue weighted by Gasteiger charge is -2.03. The van der Waals surface area contributed by atoms with Gasteiger partial charge in [-0.3, -0.25) is 9.78 Å². The fraction of sp³-hybridized carbons (Fsp3) is 0.188. The van der Waals surface area contributed by atoms with Crippen LogP contribution in [0.1, 0.15) is 41.5 Å². The third-order valence-electron chi connectivity index (χ3n) is 2.84. The maximum Gasteiger partial charge on any atom is 0.205 e. The summed E-state index contributed by atoms with van der Waals surface area (Å²) in [5.41, 5.74) is 2.02. The minimum absolute atomic E-state index is 0.194. The number of phenolic OH excluding ortho intramolecular Hbond substituents is 1. The molecule has 1 N–H and O–H groups in total. The first-order valence-corrected chi connectivity index (χ1v) is 6.39. The fourth-order valence-corrected chi connectivity index (χ4v) is 1.61. The molecular formula is C16H16N2O2. The Hall–Kier alpha value is -2.49. The Kier molecular flexibility index (Phi) is 4.25. The van der Waals surface area contributed by atoms with Crippen molar-refractivity contribution < 1.29 is 9.90 Å². The molecule has 2 aromatic rings. The zero-order chi connectivity index (χ0) is 14.5. The molecule has 0 spiro atoms. The number of phenols is 1. The van der Waals surface area contributed by atoms with Crippen LogP contribution in [0.2, 0.25) is 0 Å². The second-order valence-electron chi connectivity index (χ2n) is 4.77. The predicted octanol–water partition coefficient (Wildman–Crippen LogP) is 3.20. The molecule has 0 aliphatic carbocycles. The number of aromatic nitrogens is 2. The number of carbonyl (C=O) groups is 1. The number of hydrogen-bond donors (Lipinski definition) is 1. The first-order chi connectivity index (χ1) is 9.56. The molecule has 0 amide bonds. The van der Waals surface area contributed by atoms with Crippen LogP contribution in [0.5, 0.6) is 5.75 Å². The molecule has 0 fully saturated rings. The van der Waals surface area contributed by atoms with Crippen LogP contribution >= 0.6 is 0 Å². The van der Waals surface area contributed by atoms with Crippen LogP contribution < -0.4 is 0 Å². The Bertz CT molecular complexity index is 614. The molecule has 0 radical (unpaired) electrons. The molecule has 0 saturated carbocycles. The molecule has 4 nitrogen and oxygen atoms in total. The molecular weight excluding hydrogens is 252 g/mol. The van der Waals surface area contributed by atoms with E-state index in [0.29, 0.717) is 11.6 Å². The monoisotopic (exact) mass is 268 g/mol. The van der Waals surface area contributed by atoms with Crippen molar-refractivity contribution >= 4 is 11.9 Å². The number of nitrogens with zero attached hydrogens (tertiary/aromatic N) is 2. The Morgan fingerprint density at radius 2 is 1.85 bits per heavy atom. The molecule has 0 aliphatic rings. The van der Waals surface area contributed by atoms with E-state index in [2.05, 4.69) is 9.97 Å². The smallest absolute Gasteiger partial charge is 0.205 e. The lowest BCUT2D eigenvalue weighted by molar-refractivity contribution is 0.104. The van der Waals surface area contributed by atoms with Gasteiger partial charge in [0.05, 0.1) is 11.9 Å². The molecule has 1 heterocycles. The number of hydrogen-bond acceptors (Lipinski definition) is 4. The molecule has 4 heteroatoms. The van der Waals surface area contributed by atoms with Crippen molar-refractivity contribution in [2.45, 2.75) is 19.8 Å². The van der Waals surface area contributed by atoms with Crippen LogP contribution in [0.15, 0.2) is 42.7 Å². The summed E-state index contributed by atoms with van der Waals surface area (Å²) in [7, 11) is 0. The topological polar surface area (TPSA) is 63.1 Å². The molecule has 0 unspecified atom stereocenters. The second kappa shape index (κ2) is 6.10. The highest BCUT2D eigenvalue weighted by atomic mass is 16.3. The highest BCUT2D eigenvalue weighted by Crippen LogP contribution is 2.12. The van der Waals surface area contributed by atoms with E-state index in [9.17, 15) is 9.90 Å². The van der Waals surface area contributed by atoms with Crippen LogP contribution in [0, 0.1) is 0 Å². The van der Waals surface area contributed by atoms with E-state index in [4.69, 9.17) is 0 Å². The molecule has 20 heavy (non-hydrogen) atoms. The van der Waals surface area contributed by atoms with Crippen LogP contribution in [-0.2, 0) is 0 Å². The van der Waals surface area contributed by atoms with Gasteiger partial charge in [-0.15, -0.1) is 0 Å². The van der Waals surface area contributed by atoms with Gasteiger partial charge in [-0.2, -0.15) is 0 Å². The van der Waals surface area contributed by atoms with Crippen LogP contribution in [-0.4, -0.2) is 20.9 Å². The van der Waals surface area contributed by atoms with E-state index in [1.807, 2.05) is 13.8 Å². The summed E-state index contributed by atoms with van der Waals surface area (Å²) < 4.78 is 0. The normalized spacial score (nSPS) is 11.2. The standard InChI is InChI=1S/C16H16N2O2/c1-11(2)14-9-18-15(10-17-14)16(20)8-5-12-3-6-13(19)7-4-12/h3-11,19H,1-2H3/b8-5+. The average molecular weight is 268 g/mol. The Morgan fingerprint density at radius 3 is 2.40 bits per heavy atom. The summed E-state index contributed by atoms with van der Waals surface area (Å²) in [5, 5.41) is 9.17. The first kappa shape index (κ1) is 13.9. The van der Waals surface area contributed by atoms with Crippen molar-refractivity contribution in [3.63, 3.8) is 0 Å². The third kappa shape index (κ3) is 3.51. The summed E-state index contributed by atoms with van der Waals surface area (Å²) in [6, 6.07) is 6.60. The third-order valence-corrected chi connectivity index (χ3v) is 2.84. The lowest BCUT2D eigenvalue weighted by Crippen LogP contribution is -2.02. The fourth-order valence-electron chi connectivity index (χ4n) is 1.61. The minimum Gasteiger partial charge on any atom is -0.508 e. The maximum absolute atomic E-state index is 11.9. The van der Waals surface area contributed by atoms with E-state index >= 15 is 0 Å². The summed E-state index contributed by atoms with van der Waals surface area (Å²) >= 11 is 0. The largest absolute Gasteiger partial charge is 0.508 e. The van der Waals surface area contributed by atoms with Crippen molar-refractivity contribution in [1.29, 1.82) is 0 Å². The minimum atomic E-state index is -0.194. The van der Waals surface area contributed by atoms with Gasteiger partial charge >= 0.3 is 0 Å². The highest BCUT2D eigenvalue weighted by Gasteiger charge is 2.06. The zero-order valence-corrected chi connectivity index (χ0v) is 11.4. The molecule has 0 atom stereocenters. The van der Waals surface area contributed by atoms with Crippen molar-refractivity contribution in [3.05, 3.63) is 59.7 Å². The second-order valence-corrected chi connectivity index (χ2v) is 4.77. The predicted molar refractivity (Wildman–Crippen MR) is 77.6 cm³/mol. The molecule has 0 saturated heterocycles. The first-order valence-electron chi connectivity index (χ1n) is 6.39. The maximum atomic E-state index is 11.9. The molecule has 2 rings (SSSR count). The number of allylic oxidation sites excluding steroid dienone is 1. The Labute approximate surface area is 117 Å². The highest BCUT2D eigenvalue weighted by molar-refractivity contribution is 6.05. The van der Waals surface area contributed by atoms with Crippen LogP contribution in [0.4, 0.5) is 0 Å². The van der Waals surface area contributed by atoms with Gasteiger partial charge in [0, 0.05) is 6.20 Å². The van der Waals surface area contributed by atoms with Crippen LogP contribution in [0.25, 0.3) is 6.08 Å². The van der Waals surface area contributed by atoms with E-state index in [-0.39, 0.29) is 11.5 Å². The molecule has 0 aliphatic heterocycles. The molecule has 1 aromatic carbocycles. The summed E-state index contributed by atoms with van der Waals surface area (Å²) in [5.74, 6) is 0.295. The van der Waals surface area contributed by atoms with E-state index in [1.165, 1.54) is 12.3 Å². The Balaban J connectivity index is 2.09. The number of carbonyl (C=O) groups excluding carboxylic acids is 1. The van der Waals surface area contributed by atoms with Crippen molar-refractivity contribution in [2.24, 2.45) is 0 Å². The van der Waals surface area contributed by atoms with Gasteiger partial charge in [0.2, 0.25) is 5.78 Å². The number of ketones is 1. The molecule has 102 valence electrons. The number of aromatic hydroxyl groups is 1. The van der Waals surface area contributed by atoms with Gasteiger partial charge in [-0.05, 0) is 29.7 Å². The molecule has 0 bridgehead atoms. The van der Waals surface area contributed by atoms with Gasteiger partial charge in [0.1, 0.15) is 11.4 Å². The zero-order valence-electron chi connectivity index (χ0n) is 11.4. The van der Waals surface area contributed by atoms with E-state index < -0.39 is 0 Å². The Morgan fingerprint density at radius 1 is 1.15 bits per heavy atom. The van der Waals surface area contributed by atoms with Crippen molar-refractivity contribution in [3.8, 4) is 5.75 Å². The average Bonchev–Trinajstić information content (AvgIpc) is 2.46. The molecule has 1 aromatic heterocycles. The van der Waals surface area contributed by atoms with Gasteiger partial charge in [-0.25, -0.2) is 4.98 Å². The van der Waals surface area contributed by atoms with Crippen molar-refractivity contribution in [1.82, 2.24) is 9.97 Å². The van der Waals surface area contributed by atoms with Crippen molar-refractivity contribution in [2.75, 3.05) is 0 Å². The quantitative estimate of drug-likeness (QED) is 0.683. The summed E-state index contributed by atoms with van der Waals surface area (Å²) in [6.07, 6.45) is 6.26. The van der Waals surface area contributed by atoms with E-state index in [1.54, 1.807) is 36.5 Å². The van der Waals surface area contributed by atoms with E-state index in [0.717, 1.165) is 11.3 Å². The van der Waals surface area contributed by atoms with Gasteiger partial charge < -0.3 is 5.11 Å². The number of benzene rings is 1.